The Morgan fingerprint density at radius 1 is 1.12 bits per heavy atom. The van der Waals surface area contributed by atoms with Crippen LogP contribution in [0.4, 0.5) is 14.5 Å². The number of hydrogen-bond acceptors (Lipinski definition) is 1. The molecule has 0 aromatic heterocycles. The predicted octanol–water partition coefficient (Wildman–Crippen LogP) is 5.72. The molecule has 3 rings (SSSR count). The molecule has 1 amide bonds. The van der Waals surface area contributed by atoms with Crippen LogP contribution in [-0.2, 0) is 11.2 Å². The molecule has 0 bridgehead atoms. The first-order valence-corrected chi connectivity index (χ1v) is 9.27. The fourth-order valence-electron chi connectivity index (χ4n) is 3.91. The highest BCUT2D eigenvalue weighted by Crippen LogP contribution is 2.38. The van der Waals surface area contributed by atoms with Crippen LogP contribution in [-0.4, -0.2) is 12.3 Å². The maximum atomic E-state index is 13.0. The van der Waals surface area contributed by atoms with Gasteiger partial charge >= 0.3 is 0 Å². The summed E-state index contributed by atoms with van der Waals surface area (Å²) >= 11 is 0. The summed E-state index contributed by atoms with van der Waals surface area (Å²) in [5, 5.41) is 3.05. The quantitative estimate of drug-likeness (QED) is 0.704. The fourth-order valence-corrected chi connectivity index (χ4v) is 3.91. The van der Waals surface area contributed by atoms with Crippen molar-refractivity contribution < 1.29 is 13.6 Å². The molecule has 2 aromatic carbocycles. The molecule has 2 nitrogen and oxygen atoms in total. The van der Waals surface area contributed by atoms with Gasteiger partial charge in [-0.15, -0.1) is 0 Å². The number of nitrogens with one attached hydrogen (secondary N) is 1. The second-order valence-corrected chi connectivity index (χ2v) is 7.22. The molecule has 1 aliphatic carbocycles. The van der Waals surface area contributed by atoms with Crippen molar-refractivity contribution in [2.24, 2.45) is 5.92 Å². The molecular weight excluding hydrogens is 332 g/mol. The van der Waals surface area contributed by atoms with Gasteiger partial charge in [-0.1, -0.05) is 49.2 Å². The minimum Gasteiger partial charge on any atom is -0.326 e. The first-order valence-electron chi connectivity index (χ1n) is 9.27. The lowest BCUT2D eigenvalue weighted by molar-refractivity contribution is -0.118. The summed E-state index contributed by atoms with van der Waals surface area (Å²) in [6.45, 7) is 1.99. The lowest BCUT2D eigenvalue weighted by Crippen LogP contribution is -2.26. The Balaban J connectivity index is 1.81. The highest BCUT2D eigenvalue weighted by atomic mass is 19.3. The number of alkyl halides is 2. The van der Waals surface area contributed by atoms with Gasteiger partial charge in [0.2, 0.25) is 12.3 Å². The molecule has 0 radical (unpaired) electrons. The second-order valence-electron chi connectivity index (χ2n) is 7.22. The van der Waals surface area contributed by atoms with E-state index in [4.69, 9.17) is 0 Å². The van der Waals surface area contributed by atoms with Crippen LogP contribution in [0.1, 0.15) is 48.3 Å². The summed E-state index contributed by atoms with van der Waals surface area (Å²) in [6.07, 6.45) is 1.75. The zero-order valence-electron chi connectivity index (χ0n) is 15.1. The number of halogens is 2. The van der Waals surface area contributed by atoms with Crippen molar-refractivity contribution in [1.82, 2.24) is 0 Å². The third-order valence-electron chi connectivity index (χ3n) is 5.17. The molecule has 0 aliphatic heterocycles. The number of carbonyl (C=O) groups excluding carboxylic acids is 1. The van der Waals surface area contributed by atoms with Crippen molar-refractivity contribution in [3.63, 3.8) is 0 Å². The van der Waals surface area contributed by atoms with E-state index in [1.54, 1.807) is 12.1 Å². The van der Waals surface area contributed by atoms with E-state index in [-0.39, 0.29) is 18.2 Å². The van der Waals surface area contributed by atoms with Crippen LogP contribution in [0, 0.1) is 12.8 Å². The average Bonchev–Trinajstić information content (AvgIpc) is 3.10. The van der Waals surface area contributed by atoms with Crippen molar-refractivity contribution in [3.8, 4) is 0 Å². The number of aryl methyl sites for hydroxylation is 1. The number of anilines is 1. The molecule has 1 aliphatic rings. The van der Waals surface area contributed by atoms with Crippen molar-refractivity contribution in [1.29, 1.82) is 0 Å². The first-order chi connectivity index (χ1) is 12.5. The molecule has 1 N–H and O–H groups in total. The maximum Gasteiger partial charge on any atom is 0.242 e. The van der Waals surface area contributed by atoms with Crippen molar-refractivity contribution in [3.05, 3.63) is 65.2 Å². The highest BCUT2D eigenvalue weighted by Gasteiger charge is 2.32. The summed E-state index contributed by atoms with van der Waals surface area (Å²) in [5.74, 6) is 0.0588. The van der Waals surface area contributed by atoms with Gasteiger partial charge in [-0.05, 0) is 54.5 Å². The van der Waals surface area contributed by atoms with E-state index >= 15 is 0 Å². The van der Waals surface area contributed by atoms with Gasteiger partial charge in [0, 0.05) is 12.1 Å². The summed E-state index contributed by atoms with van der Waals surface area (Å²) < 4.78 is 25.1. The minimum absolute atomic E-state index is 0.0101. The first kappa shape index (κ1) is 18.6. The van der Waals surface area contributed by atoms with Crippen molar-refractivity contribution in [2.45, 2.75) is 51.4 Å². The summed E-state index contributed by atoms with van der Waals surface area (Å²) in [5.41, 5.74) is 3.41. The number of amides is 1. The van der Waals surface area contributed by atoms with Crippen LogP contribution in [0.5, 0.6) is 0 Å². The third kappa shape index (κ3) is 4.69. The molecule has 0 heterocycles. The van der Waals surface area contributed by atoms with E-state index in [1.165, 1.54) is 0 Å². The smallest absolute Gasteiger partial charge is 0.242 e. The number of hydrogen-bond donors (Lipinski definition) is 1. The molecular formula is C22H25F2NO. The van der Waals surface area contributed by atoms with E-state index in [0.717, 1.165) is 42.5 Å². The molecule has 26 heavy (non-hydrogen) atoms. The topological polar surface area (TPSA) is 29.1 Å². The van der Waals surface area contributed by atoms with E-state index in [9.17, 15) is 13.6 Å². The Kier molecular flexibility index (Phi) is 6.02. The van der Waals surface area contributed by atoms with E-state index in [1.807, 2.05) is 43.3 Å². The van der Waals surface area contributed by atoms with E-state index < -0.39 is 6.43 Å². The van der Waals surface area contributed by atoms with E-state index in [0.29, 0.717) is 11.5 Å². The largest absolute Gasteiger partial charge is 0.326 e. The van der Waals surface area contributed by atoms with Gasteiger partial charge in [0.25, 0.3) is 0 Å². The zero-order chi connectivity index (χ0) is 18.5. The van der Waals surface area contributed by atoms with E-state index in [2.05, 4.69) is 5.32 Å². The molecule has 0 saturated heterocycles. The van der Waals surface area contributed by atoms with Crippen LogP contribution < -0.4 is 5.32 Å². The SMILES string of the molecule is Cc1cccc(NC(=O)C(c2ccc(CC(F)F)cc2)C2CCCC2)c1. The molecule has 1 unspecified atom stereocenters. The van der Waals surface area contributed by atoms with Gasteiger partial charge in [-0.2, -0.15) is 0 Å². The highest BCUT2D eigenvalue weighted by molar-refractivity contribution is 5.96. The monoisotopic (exact) mass is 357 g/mol. The van der Waals surface area contributed by atoms with Gasteiger partial charge in [0.05, 0.1) is 5.92 Å². The molecule has 138 valence electrons. The van der Waals surface area contributed by atoms with Crippen LogP contribution >= 0.6 is 0 Å². The molecule has 2 aromatic rings. The summed E-state index contributed by atoms with van der Waals surface area (Å²) in [4.78, 5) is 13.0. The minimum atomic E-state index is -2.35. The van der Waals surface area contributed by atoms with Gasteiger partial charge in [-0.3, -0.25) is 4.79 Å². The molecule has 4 heteroatoms. The number of rotatable bonds is 6. The van der Waals surface area contributed by atoms with Crippen LogP contribution in [0.2, 0.25) is 0 Å². The Bertz CT molecular complexity index is 736. The van der Waals surface area contributed by atoms with Crippen LogP contribution in [0.15, 0.2) is 48.5 Å². The van der Waals surface area contributed by atoms with Crippen LogP contribution in [0.3, 0.4) is 0 Å². The fraction of sp³-hybridized carbons (Fsp3) is 0.409. The molecule has 0 spiro atoms. The summed E-state index contributed by atoms with van der Waals surface area (Å²) in [7, 11) is 0. The number of carbonyl (C=O) groups is 1. The Labute approximate surface area is 153 Å². The Morgan fingerprint density at radius 2 is 1.81 bits per heavy atom. The molecule has 1 fully saturated rings. The van der Waals surface area contributed by atoms with Gasteiger partial charge < -0.3 is 5.32 Å². The maximum absolute atomic E-state index is 13.0. The normalized spacial score (nSPS) is 16.0. The molecule has 1 saturated carbocycles. The van der Waals surface area contributed by atoms with Gasteiger partial charge in [0.1, 0.15) is 0 Å². The summed E-state index contributed by atoms with van der Waals surface area (Å²) in [6, 6.07) is 14.9. The lowest BCUT2D eigenvalue weighted by Gasteiger charge is -2.23. The Hall–Kier alpha value is -2.23. The van der Waals surface area contributed by atoms with Crippen molar-refractivity contribution in [2.75, 3.05) is 5.32 Å². The van der Waals surface area contributed by atoms with Gasteiger partial charge in [0.15, 0.2) is 0 Å². The second kappa shape index (κ2) is 8.43. The van der Waals surface area contributed by atoms with Crippen molar-refractivity contribution >= 4 is 11.6 Å². The predicted molar refractivity (Wildman–Crippen MR) is 101 cm³/mol. The van der Waals surface area contributed by atoms with Crippen LogP contribution in [0.25, 0.3) is 0 Å². The standard InChI is InChI=1S/C22H25F2NO/c1-15-5-4-8-19(13-15)25-22(26)21(17-6-2-3-7-17)18-11-9-16(10-12-18)14-20(23)24/h4-5,8-13,17,20-21H,2-3,6-7,14H2,1H3,(H,25,26). The third-order valence-corrected chi connectivity index (χ3v) is 5.17. The number of benzene rings is 2. The zero-order valence-corrected chi connectivity index (χ0v) is 15.1. The Morgan fingerprint density at radius 3 is 2.42 bits per heavy atom. The molecule has 1 atom stereocenters. The van der Waals surface area contributed by atoms with Gasteiger partial charge in [-0.25, -0.2) is 8.78 Å². The lowest BCUT2D eigenvalue weighted by atomic mass is 9.83. The average molecular weight is 357 g/mol.